The second-order valence-corrected chi connectivity index (χ2v) is 7.39. The number of aryl methyl sites for hydroxylation is 3. The monoisotopic (exact) mass is 347 g/mol. The number of rotatable bonds is 1. The van der Waals surface area contributed by atoms with E-state index < -0.39 is 0 Å². The van der Waals surface area contributed by atoms with Crippen LogP contribution in [0, 0.1) is 13.8 Å². The van der Waals surface area contributed by atoms with E-state index in [4.69, 9.17) is 9.47 Å². The smallest absolute Gasteiger partial charge is 0.291 e. The number of thiazole rings is 2. The van der Waals surface area contributed by atoms with Crippen LogP contribution in [0.25, 0.3) is 10.2 Å². The van der Waals surface area contributed by atoms with Crippen molar-refractivity contribution in [3.8, 4) is 11.5 Å². The van der Waals surface area contributed by atoms with Crippen LogP contribution in [0.4, 0.5) is 0 Å². The molecule has 0 fully saturated rings. The maximum atomic E-state index is 12.4. The van der Waals surface area contributed by atoms with E-state index in [9.17, 15) is 4.79 Å². The Morgan fingerprint density at radius 3 is 2.70 bits per heavy atom. The minimum absolute atomic E-state index is 0.246. The maximum absolute atomic E-state index is 12.4. The van der Waals surface area contributed by atoms with E-state index in [1.807, 2.05) is 37.6 Å². The number of hydrogen-bond donors (Lipinski definition) is 0. The molecule has 0 bridgehead atoms. The van der Waals surface area contributed by atoms with Crippen LogP contribution in [0.1, 0.15) is 20.4 Å². The van der Waals surface area contributed by atoms with Gasteiger partial charge in [0.1, 0.15) is 4.88 Å². The van der Waals surface area contributed by atoms with Crippen molar-refractivity contribution in [2.24, 2.45) is 12.0 Å². The Morgan fingerprint density at radius 2 is 2.00 bits per heavy atom. The molecule has 0 spiro atoms. The molecule has 3 heterocycles. The molecule has 0 unspecified atom stereocenters. The van der Waals surface area contributed by atoms with Crippen molar-refractivity contribution in [2.45, 2.75) is 13.8 Å². The van der Waals surface area contributed by atoms with Gasteiger partial charge in [-0.25, -0.2) is 4.98 Å². The van der Waals surface area contributed by atoms with E-state index >= 15 is 0 Å². The van der Waals surface area contributed by atoms with Gasteiger partial charge in [0.2, 0.25) is 6.79 Å². The standard InChI is InChI=1S/C15H13N3O3S2/c1-7-13(22-8(2)16-7)14(19)17-15-18(3)9-4-10-11(21-6-20-10)5-12(9)23-15/h4-5H,6H2,1-3H3. The zero-order valence-corrected chi connectivity index (χ0v) is 14.4. The Kier molecular flexibility index (Phi) is 3.24. The molecular formula is C15H13N3O3S2. The quantitative estimate of drug-likeness (QED) is 0.679. The van der Waals surface area contributed by atoms with Crippen molar-refractivity contribution in [1.29, 1.82) is 0 Å². The summed E-state index contributed by atoms with van der Waals surface area (Å²) in [6.07, 6.45) is 0. The molecule has 0 saturated heterocycles. The maximum Gasteiger partial charge on any atom is 0.291 e. The Morgan fingerprint density at radius 1 is 1.26 bits per heavy atom. The summed E-state index contributed by atoms with van der Waals surface area (Å²) in [7, 11) is 1.89. The summed E-state index contributed by atoms with van der Waals surface area (Å²) in [5.74, 6) is 1.19. The highest BCUT2D eigenvalue weighted by atomic mass is 32.1. The molecule has 6 nitrogen and oxygen atoms in total. The first-order chi connectivity index (χ1) is 11.0. The van der Waals surface area contributed by atoms with Gasteiger partial charge in [-0.15, -0.1) is 11.3 Å². The Labute approximate surface area is 139 Å². The number of ether oxygens (including phenoxy) is 2. The van der Waals surface area contributed by atoms with Gasteiger partial charge in [-0.05, 0) is 13.8 Å². The molecular weight excluding hydrogens is 334 g/mol. The lowest BCUT2D eigenvalue weighted by Crippen LogP contribution is -2.13. The predicted octanol–water partition coefficient (Wildman–Crippen LogP) is 2.78. The van der Waals surface area contributed by atoms with Crippen molar-refractivity contribution in [3.05, 3.63) is 32.5 Å². The van der Waals surface area contributed by atoms with E-state index in [1.54, 1.807) is 0 Å². The van der Waals surface area contributed by atoms with Gasteiger partial charge in [-0.3, -0.25) is 4.79 Å². The molecule has 118 valence electrons. The zero-order chi connectivity index (χ0) is 16.1. The fraction of sp³-hybridized carbons (Fsp3) is 0.267. The molecule has 4 rings (SSSR count). The summed E-state index contributed by atoms with van der Waals surface area (Å²) in [5.41, 5.74) is 1.69. The van der Waals surface area contributed by atoms with Gasteiger partial charge >= 0.3 is 0 Å². The van der Waals surface area contributed by atoms with Crippen LogP contribution in [0.3, 0.4) is 0 Å². The largest absolute Gasteiger partial charge is 0.454 e. The second-order valence-electron chi connectivity index (χ2n) is 5.18. The first kappa shape index (κ1) is 14.4. The first-order valence-corrected chi connectivity index (χ1v) is 8.58. The molecule has 23 heavy (non-hydrogen) atoms. The Hall–Kier alpha value is -2.19. The summed E-state index contributed by atoms with van der Waals surface area (Å²) in [6.45, 7) is 3.96. The van der Waals surface area contributed by atoms with Crippen LogP contribution in [0.5, 0.6) is 11.5 Å². The molecule has 1 aliphatic rings. The summed E-state index contributed by atoms with van der Waals surface area (Å²) in [6, 6.07) is 3.84. The third-order valence-electron chi connectivity index (χ3n) is 3.60. The Balaban J connectivity index is 1.84. The molecule has 1 aromatic carbocycles. The number of nitrogens with zero attached hydrogens (tertiary/aromatic N) is 3. The number of carbonyl (C=O) groups excluding carboxylic acids is 1. The number of amides is 1. The molecule has 0 aliphatic carbocycles. The van der Waals surface area contributed by atoms with E-state index in [2.05, 4.69) is 9.98 Å². The number of carbonyl (C=O) groups is 1. The molecule has 0 saturated carbocycles. The van der Waals surface area contributed by atoms with Crippen molar-refractivity contribution >= 4 is 38.8 Å². The second kappa shape index (κ2) is 5.17. The lowest BCUT2D eigenvalue weighted by Gasteiger charge is -1.98. The minimum Gasteiger partial charge on any atom is -0.454 e. The van der Waals surface area contributed by atoms with Crippen LogP contribution in [0.2, 0.25) is 0 Å². The van der Waals surface area contributed by atoms with Crippen LogP contribution >= 0.6 is 22.7 Å². The summed E-state index contributed by atoms with van der Waals surface area (Å²) >= 11 is 2.82. The topological polar surface area (TPSA) is 65.7 Å². The summed E-state index contributed by atoms with van der Waals surface area (Å²) < 4.78 is 13.7. The van der Waals surface area contributed by atoms with Crippen molar-refractivity contribution in [2.75, 3.05) is 6.79 Å². The zero-order valence-electron chi connectivity index (χ0n) is 12.7. The van der Waals surface area contributed by atoms with E-state index in [1.165, 1.54) is 22.7 Å². The SMILES string of the molecule is Cc1nc(C)c(C(=O)N=c2sc3cc4c(cc3n2C)OCO4)s1. The number of benzene rings is 1. The molecule has 1 amide bonds. The molecule has 3 aromatic rings. The van der Waals surface area contributed by atoms with Crippen LogP contribution < -0.4 is 14.3 Å². The highest BCUT2D eigenvalue weighted by molar-refractivity contribution is 7.16. The van der Waals surface area contributed by atoms with E-state index in [0.717, 1.165) is 32.4 Å². The normalized spacial score (nSPS) is 14.0. The van der Waals surface area contributed by atoms with Gasteiger partial charge in [0.05, 0.1) is 20.9 Å². The Bertz CT molecular complexity index is 1010. The van der Waals surface area contributed by atoms with Crippen molar-refractivity contribution in [1.82, 2.24) is 9.55 Å². The van der Waals surface area contributed by atoms with Gasteiger partial charge in [0.15, 0.2) is 16.3 Å². The molecule has 0 atom stereocenters. The highest BCUT2D eigenvalue weighted by Gasteiger charge is 2.18. The number of aromatic nitrogens is 2. The van der Waals surface area contributed by atoms with Gasteiger partial charge in [-0.2, -0.15) is 4.99 Å². The predicted molar refractivity (Wildman–Crippen MR) is 88.4 cm³/mol. The molecule has 2 aromatic heterocycles. The fourth-order valence-electron chi connectivity index (χ4n) is 2.49. The minimum atomic E-state index is -0.254. The highest BCUT2D eigenvalue weighted by Crippen LogP contribution is 2.36. The average molecular weight is 347 g/mol. The third kappa shape index (κ3) is 2.34. The summed E-state index contributed by atoms with van der Waals surface area (Å²) in [5, 5.41) is 0.868. The molecule has 0 radical (unpaired) electrons. The molecule has 1 aliphatic heterocycles. The number of hydrogen-bond acceptors (Lipinski definition) is 6. The van der Waals surface area contributed by atoms with Gasteiger partial charge in [0, 0.05) is 19.2 Å². The number of fused-ring (bicyclic) bond motifs is 2. The van der Waals surface area contributed by atoms with Gasteiger partial charge in [0.25, 0.3) is 5.91 Å². The van der Waals surface area contributed by atoms with Crippen LogP contribution in [-0.2, 0) is 7.05 Å². The van der Waals surface area contributed by atoms with Crippen LogP contribution in [-0.4, -0.2) is 22.3 Å². The lowest BCUT2D eigenvalue weighted by molar-refractivity contribution is 0.100. The third-order valence-corrected chi connectivity index (χ3v) is 5.75. The van der Waals surface area contributed by atoms with Crippen molar-refractivity contribution < 1.29 is 14.3 Å². The molecule has 8 heteroatoms. The van der Waals surface area contributed by atoms with E-state index in [-0.39, 0.29) is 12.7 Å². The van der Waals surface area contributed by atoms with Crippen LogP contribution in [0.15, 0.2) is 17.1 Å². The summed E-state index contributed by atoms with van der Waals surface area (Å²) in [4.78, 5) is 22.2. The van der Waals surface area contributed by atoms with E-state index in [0.29, 0.717) is 9.68 Å². The van der Waals surface area contributed by atoms with Gasteiger partial charge < -0.3 is 14.0 Å². The van der Waals surface area contributed by atoms with Crippen molar-refractivity contribution in [3.63, 3.8) is 0 Å². The lowest BCUT2D eigenvalue weighted by atomic mass is 10.3. The van der Waals surface area contributed by atoms with Gasteiger partial charge in [-0.1, -0.05) is 11.3 Å². The first-order valence-electron chi connectivity index (χ1n) is 6.95. The fourth-order valence-corrected chi connectivity index (χ4v) is 4.32. The average Bonchev–Trinajstić information content (AvgIpc) is 3.16. The molecule has 0 N–H and O–H groups in total.